The first-order valence-corrected chi connectivity index (χ1v) is 29.4. The number of nitrogens with two attached hydrogens (primary N) is 1. The van der Waals surface area contributed by atoms with Crippen LogP contribution >= 0.6 is 11.6 Å². The maximum absolute atomic E-state index is 14.2. The lowest BCUT2D eigenvalue weighted by molar-refractivity contribution is -0.182. The number of benzene rings is 2. The second kappa shape index (κ2) is 35.1. The quantitative estimate of drug-likeness (QED) is 0.0280. The zero-order valence-electron chi connectivity index (χ0n) is 51.2. The van der Waals surface area contributed by atoms with Crippen LogP contribution in [-0.4, -0.2) is 153 Å². The Morgan fingerprint density at radius 2 is 1.46 bits per heavy atom. The third-order valence-electron chi connectivity index (χ3n) is 14.6. The van der Waals surface area contributed by atoms with E-state index in [-0.39, 0.29) is 82.3 Å². The molecule has 0 aliphatic carbocycles. The van der Waals surface area contributed by atoms with Gasteiger partial charge in [0, 0.05) is 51.2 Å². The summed E-state index contributed by atoms with van der Waals surface area (Å²) in [5.41, 5.74) is 5.25. The molecule has 472 valence electrons. The first-order valence-electron chi connectivity index (χ1n) is 29.0. The number of hydrogen-bond donors (Lipinski definition) is 8. The predicted molar refractivity (Wildman–Crippen MR) is 316 cm³/mol. The molecule has 1 aliphatic rings. The number of esters is 3. The highest BCUT2D eigenvalue weighted by Gasteiger charge is 2.41. The molecule has 1 fully saturated rings. The lowest BCUT2D eigenvalue weighted by atomic mass is 9.84. The first-order chi connectivity index (χ1) is 40.0. The summed E-state index contributed by atoms with van der Waals surface area (Å²) in [6, 6.07) is 9.24. The number of methoxy groups -OCH3 is 1. The Balaban J connectivity index is 1.72. The van der Waals surface area contributed by atoms with Gasteiger partial charge in [0.1, 0.15) is 48.7 Å². The number of carbonyl (C=O) groups excluding carboxylic acids is 11. The number of nitrogens with one attached hydrogen (secondary N) is 7. The Kier molecular flexibility index (Phi) is 29.6. The van der Waals surface area contributed by atoms with Gasteiger partial charge in [-0.2, -0.15) is 0 Å². The van der Waals surface area contributed by atoms with Gasteiger partial charge in [-0.3, -0.25) is 43.2 Å². The number of nitrogens with zero attached hydrogens (tertiary/aromatic N) is 1. The van der Waals surface area contributed by atoms with Crippen LogP contribution in [0.1, 0.15) is 138 Å². The molecule has 9 amide bonds. The van der Waals surface area contributed by atoms with Crippen LogP contribution < -0.4 is 47.7 Å². The Labute approximate surface area is 503 Å². The van der Waals surface area contributed by atoms with Crippen molar-refractivity contribution in [1.82, 2.24) is 42.1 Å². The van der Waals surface area contributed by atoms with Crippen molar-refractivity contribution >= 4 is 76.9 Å². The second-order valence-electron chi connectivity index (χ2n) is 22.8. The summed E-state index contributed by atoms with van der Waals surface area (Å²) >= 11 is 6.31. The summed E-state index contributed by atoms with van der Waals surface area (Å²) in [5, 5.41) is 18.6. The van der Waals surface area contributed by atoms with Gasteiger partial charge >= 0.3 is 23.9 Å². The van der Waals surface area contributed by atoms with Gasteiger partial charge in [0.15, 0.2) is 6.10 Å². The van der Waals surface area contributed by atoms with E-state index in [1.54, 1.807) is 66.7 Å². The van der Waals surface area contributed by atoms with E-state index in [0.717, 1.165) is 5.56 Å². The summed E-state index contributed by atoms with van der Waals surface area (Å²) in [5.74, 6) is -7.62. The van der Waals surface area contributed by atoms with E-state index < -0.39 is 132 Å². The molecule has 0 radical (unpaired) electrons. The largest absolute Gasteiger partial charge is 0.495 e. The molecule has 1 unspecified atom stereocenters. The van der Waals surface area contributed by atoms with Gasteiger partial charge < -0.3 is 66.8 Å². The van der Waals surface area contributed by atoms with Crippen LogP contribution in [0.4, 0.5) is 4.79 Å². The highest BCUT2D eigenvalue weighted by molar-refractivity contribution is 6.32. The fraction of sp³-hybridized carbons (Fsp3) is 0.617. The van der Waals surface area contributed by atoms with E-state index >= 15 is 0 Å². The van der Waals surface area contributed by atoms with Crippen molar-refractivity contribution < 1.29 is 71.7 Å². The predicted octanol–water partition coefficient (Wildman–Crippen LogP) is 3.88. The molecule has 0 spiro atoms. The van der Waals surface area contributed by atoms with Crippen LogP contribution in [0.2, 0.25) is 5.02 Å². The Morgan fingerprint density at radius 3 is 2.05 bits per heavy atom. The maximum atomic E-state index is 14.2. The number of amides is 9. The standard InChI is InChI=1S/C60H90ClN9O15/c1-13-45(83-57(79)47(28-34(3)4)84-58(80)60(10,11)33-66-54(76)43(67-38(9)71)30-39-24-25-46(82-12)41(61)29-39)37(8)52(36(7)40-20-16-15-17-21-40)85-50(74)32-65-55(77)44-23-19-27-70(44)49(73)31-64-53(75)42(22-18-26-63-59(62)81)68-56(78)51(35(5)6)69-48(72)14-2/h15-17,20-21,24-25,29,34-37,42-45,47,51-52H,13-14,18-19,22-23,26-28,30-33H2,1-12H3,(H,64,75)(H,65,77)(H,66,76)(H,67,71)(H,68,78)(H,69,72)(H3,62,63,81)/t36-,37-,42-,43+,44-,45-,47-,51?,52-/m0/s1. The number of rotatable bonds is 34. The number of urea groups is 1. The average molecular weight is 1210 g/mol. The molecule has 24 nitrogen and oxygen atoms in total. The van der Waals surface area contributed by atoms with Gasteiger partial charge in [0.25, 0.3) is 0 Å². The van der Waals surface area contributed by atoms with E-state index in [1.165, 1.54) is 18.9 Å². The fourth-order valence-electron chi connectivity index (χ4n) is 9.60. The van der Waals surface area contributed by atoms with E-state index in [1.807, 2.05) is 51.1 Å². The van der Waals surface area contributed by atoms with Crippen LogP contribution in [0.15, 0.2) is 48.5 Å². The van der Waals surface area contributed by atoms with Crippen LogP contribution in [0.3, 0.4) is 0 Å². The number of likely N-dealkylation sites (tertiary alicyclic amines) is 1. The molecule has 1 heterocycles. The number of primary amides is 1. The molecule has 1 saturated heterocycles. The topological polar surface area (TPSA) is 338 Å². The second-order valence-corrected chi connectivity index (χ2v) is 23.2. The minimum Gasteiger partial charge on any atom is -0.495 e. The summed E-state index contributed by atoms with van der Waals surface area (Å²) in [7, 11) is 1.47. The lowest BCUT2D eigenvalue weighted by Crippen LogP contribution is -2.56. The summed E-state index contributed by atoms with van der Waals surface area (Å²) in [6.07, 6.45) is -1.68. The van der Waals surface area contributed by atoms with Gasteiger partial charge in [-0.15, -0.1) is 0 Å². The van der Waals surface area contributed by atoms with Crippen LogP contribution in [-0.2, 0) is 68.6 Å². The van der Waals surface area contributed by atoms with Crippen molar-refractivity contribution in [2.45, 2.75) is 176 Å². The van der Waals surface area contributed by atoms with E-state index in [0.29, 0.717) is 22.8 Å². The Morgan fingerprint density at radius 1 is 0.788 bits per heavy atom. The lowest BCUT2D eigenvalue weighted by Gasteiger charge is -2.35. The van der Waals surface area contributed by atoms with Crippen molar-refractivity contribution in [3.05, 3.63) is 64.7 Å². The third-order valence-corrected chi connectivity index (χ3v) is 14.8. The molecule has 9 atom stereocenters. The summed E-state index contributed by atoms with van der Waals surface area (Å²) in [4.78, 5) is 147. The normalized spacial score (nSPS) is 15.9. The van der Waals surface area contributed by atoms with Crippen LogP contribution in [0, 0.1) is 23.2 Å². The molecule has 3 rings (SSSR count). The van der Waals surface area contributed by atoms with Crippen molar-refractivity contribution in [2.75, 3.05) is 39.8 Å². The molecule has 1 aliphatic heterocycles. The number of halogens is 1. The van der Waals surface area contributed by atoms with Crippen molar-refractivity contribution in [3.8, 4) is 5.75 Å². The molecule has 0 saturated carbocycles. The van der Waals surface area contributed by atoms with Crippen molar-refractivity contribution in [3.63, 3.8) is 0 Å². The molecule has 0 aromatic heterocycles. The highest BCUT2D eigenvalue weighted by Crippen LogP contribution is 2.32. The Hall–Kier alpha value is -7.50. The molecular weight excluding hydrogens is 1120 g/mol. The zero-order chi connectivity index (χ0) is 63.7. The molecule has 2 aromatic rings. The molecule has 9 N–H and O–H groups in total. The Bertz CT molecular complexity index is 2620. The van der Waals surface area contributed by atoms with Crippen LogP contribution in [0.25, 0.3) is 0 Å². The first kappa shape index (κ1) is 71.8. The average Bonchev–Trinajstić information content (AvgIpc) is 4.13. The van der Waals surface area contributed by atoms with Gasteiger partial charge in [0.2, 0.25) is 41.4 Å². The van der Waals surface area contributed by atoms with Gasteiger partial charge in [-0.1, -0.05) is 103 Å². The third kappa shape index (κ3) is 23.5. The van der Waals surface area contributed by atoms with Gasteiger partial charge in [-0.05, 0) is 87.5 Å². The van der Waals surface area contributed by atoms with Gasteiger partial charge in [-0.25, -0.2) is 9.59 Å². The number of hydrogen-bond acceptors (Lipinski definition) is 15. The van der Waals surface area contributed by atoms with E-state index in [9.17, 15) is 52.7 Å². The number of carbonyl (C=O) groups is 11. The number of ether oxygens (including phenoxy) is 4. The monoisotopic (exact) mass is 1210 g/mol. The van der Waals surface area contributed by atoms with E-state index in [2.05, 4.69) is 37.2 Å². The molecule has 0 bridgehead atoms. The summed E-state index contributed by atoms with van der Waals surface area (Å²) < 4.78 is 23.4. The molecule has 2 aromatic carbocycles. The van der Waals surface area contributed by atoms with Gasteiger partial charge in [0.05, 0.1) is 24.1 Å². The SMILES string of the molecule is CCC(=O)NC(C(=O)N[C@@H](CCCNC(N)=O)C(=O)NCC(=O)N1CCC[C@H]1C(=O)NCC(=O)O[C@H]([C@@H](C)[C@H](CC)OC(=O)[C@H](CC(C)C)OC(=O)C(C)(C)CNC(=O)[C@@H](Cc1ccc(OC)c(Cl)c1)NC(C)=O)[C@@H](C)c1ccccc1)C(C)C. The highest BCUT2D eigenvalue weighted by atomic mass is 35.5. The minimum absolute atomic E-state index is 0.0354. The summed E-state index contributed by atoms with van der Waals surface area (Å²) in [6.45, 7) is 17.5. The fourth-order valence-corrected chi connectivity index (χ4v) is 9.88. The maximum Gasteiger partial charge on any atom is 0.347 e. The molecular formula is C60H90ClN9O15. The molecule has 25 heteroatoms. The van der Waals surface area contributed by atoms with Crippen molar-refractivity contribution in [1.29, 1.82) is 0 Å². The van der Waals surface area contributed by atoms with E-state index in [4.69, 9.17) is 36.3 Å². The van der Waals surface area contributed by atoms with Crippen molar-refractivity contribution in [2.24, 2.45) is 28.9 Å². The minimum atomic E-state index is -1.37. The smallest absolute Gasteiger partial charge is 0.347 e. The zero-order valence-corrected chi connectivity index (χ0v) is 51.9. The van der Waals surface area contributed by atoms with Crippen LogP contribution in [0.5, 0.6) is 5.75 Å². The molecule has 85 heavy (non-hydrogen) atoms.